The molecule has 1 heterocycles. The lowest BCUT2D eigenvalue weighted by molar-refractivity contribution is -0.122. The maximum atomic E-state index is 12.8. The first kappa shape index (κ1) is 17.8. The molecule has 2 N–H and O–H groups in total. The molecule has 0 radical (unpaired) electrons. The number of para-hydroxylation sites is 1. The topological polar surface area (TPSA) is 82.9 Å². The van der Waals surface area contributed by atoms with Crippen LogP contribution in [0.25, 0.3) is 0 Å². The van der Waals surface area contributed by atoms with Crippen molar-refractivity contribution in [3.63, 3.8) is 0 Å². The summed E-state index contributed by atoms with van der Waals surface area (Å²) in [5.41, 5.74) is 1.36. The van der Waals surface area contributed by atoms with E-state index in [1.807, 2.05) is 18.2 Å². The second kappa shape index (κ2) is 8.39. The van der Waals surface area contributed by atoms with Crippen LogP contribution in [0.1, 0.15) is 12.0 Å². The normalized spacial score (nSPS) is 18.3. The summed E-state index contributed by atoms with van der Waals surface area (Å²) in [6, 6.07) is 14.8. The third-order valence-electron chi connectivity index (χ3n) is 3.43. The Hall–Kier alpha value is -3.00. The fraction of sp³-hybridized carbons (Fsp3) is 0.111. The SMILES string of the molecule is O=C(CC1S/C(=N/N=C/c2ccc(F)cc2)NC1=O)Nc1ccccc1. The number of benzene rings is 2. The van der Waals surface area contributed by atoms with Gasteiger partial charge in [0.15, 0.2) is 5.17 Å². The average molecular weight is 370 g/mol. The van der Waals surface area contributed by atoms with Crippen LogP contribution in [0.4, 0.5) is 10.1 Å². The van der Waals surface area contributed by atoms with E-state index in [0.717, 1.165) is 11.8 Å². The molecular formula is C18H15FN4O2S. The minimum absolute atomic E-state index is 0.0338. The molecule has 1 aliphatic heterocycles. The summed E-state index contributed by atoms with van der Waals surface area (Å²) in [7, 11) is 0. The van der Waals surface area contributed by atoms with Crippen molar-refractivity contribution in [1.82, 2.24) is 5.32 Å². The molecule has 1 atom stereocenters. The largest absolute Gasteiger partial charge is 0.326 e. The number of hydrogen-bond donors (Lipinski definition) is 2. The molecule has 1 unspecified atom stereocenters. The van der Waals surface area contributed by atoms with Crippen LogP contribution < -0.4 is 10.6 Å². The van der Waals surface area contributed by atoms with Crippen molar-refractivity contribution < 1.29 is 14.0 Å². The number of halogens is 1. The van der Waals surface area contributed by atoms with Gasteiger partial charge in [-0.25, -0.2) is 4.39 Å². The Morgan fingerprint density at radius 3 is 2.65 bits per heavy atom. The molecule has 1 fully saturated rings. The maximum Gasteiger partial charge on any atom is 0.240 e. The van der Waals surface area contributed by atoms with Gasteiger partial charge in [0.1, 0.15) is 11.1 Å². The lowest BCUT2D eigenvalue weighted by Gasteiger charge is -2.06. The molecule has 2 amide bonds. The highest BCUT2D eigenvalue weighted by atomic mass is 32.2. The van der Waals surface area contributed by atoms with Gasteiger partial charge in [-0.3, -0.25) is 9.59 Å². The maximum absolute atomic E-state index is 12.8. The Bertz CT molecular complexity index is 853. The van der Waals surface area contributed by atoms with Gasteiger partial charge in [0, 0.05) is 12.1 Å². The molecule has 1 saturated heterocycles. The molecule has 8 heteroatoms. The number of nitrogens with one attached hydrogen (secondary N) is 2. The molecule has 132 valence electrons. The van der Waals surface area contributed by atoms with Gasteiger partial charge in [0.05, 0.1) is 6.21 Å². The molecular weight excluding hydrogens is 355 g/mol. The summed E-state index contributed by atoms with van der Waals surface area (Å²) in [4.78, 5) is 24.0. The zero-order valence-electron chi connectivity index (χ0n) is 13.6. The minimum atomic E-state index is -0.557. The number of rotatable bonds is 5. The van der Waals surface area contributed by atoms with Crippen molar-refractivity contribution in [2.24, 2.45) is 10.2 Å². The first-order valence-electron chi connectivity index (χ1n) is 7.79. The lowest BCUT2D eigenvalue weighted by Crippen LogP contribution is -2.28. The van der Waals surface area contributed by atoms with Crippen molar-refractivity contribution in [2.45, 2.75) is 11.7 Å². The van der Waals surface area contributed by atoms with Crippen LogP contribution in [0.3, 0.4) is 0 Å². The van der Waals surface area contributed by atoms with E-state index in [1.54, 1.807) is 24.3 Å². The van der Waals surface area contributed by atoms with Gasteiger partial charge in [0.2, 0.25) is 11.8 Å². The Morgan fingerprint density at radius 1 is 1.19 bits per heavy atom. The molecule has 3 rings (SSSR count). The highest BCUT2D eigenvalue weighted by Crippen LogP contribution is 2.23. The highest BCUT2D eigenvalue weighted by molar-refractivity contribution is 8.15. The molecule has 2 aromatic rings. The van der Waals surface area contributed by atoms with Gasteiger partial charge in [0.25, 0.3) is 0 Å². The van der Waals surface area contributed by atoms with Crippen LogP contribution in [-0.2, 0) is 9.59 Å². The van der Waals surface area contributed by atoms with Gasteiger partial charge in [-0.15, -0.1) is 5.10 Å². The van der Waals surface area contributed by atoms with Crippen molar-refractivity contribution in [3.8, 4) is 0 Å². The standard InChI is InChI=1S/C18H15FN4O2S/c19-13-8-6-12(7-9-13)11-20-23-18-22-17(25)15(26-18)10-16(24)21-14-4-2-1-3-5-14/h1-9,11,15H,10H2,(H,21,24)(H,22,23,25)/b20-11+. The fourth-order valence-corrected chi connectivity index (χ4v) is 3.11. The van der Waals surface area contributed by atoms with Gasteiger partial charge in [-0.2, -0.15) is 5.10 Å². The van der Waals surface area contributed by atoms with E-state index >= 15 is 0 Å². The predicted molar refractivity (Wildman–Crippen MR) is 101 cm³/mol. The van der Waals surface area contributed by atoms with Crippen LogP contribution >= 0.6 is 11.8 Å². The summed E-state index contributed by atoms with van der Waals surface area (Å²) < 4.78 is 12.8. The zero-order valence-corrected chi connectivity index (χ0v) is 14.4. The van der Waals surface area contributed by atoms with Gasteiger partial charge in [-0.05, 0) is 29.8 Å². The highest BCUT2D eigenvalue weighted by Gasteiger charge is 2.32. The second-order valence-corrected chi connectivity index (χ2v) is 6.61. The Morgan fingerprint density at radius 2 is 1.92 bits per heavy atom. The van der Waals surface area contributed by atoms with Gasteiger partial charge in [-0.1, -0.05) is 42.1 Å². The first-order chi connectivity index (χ1) is 12.6. The van der Waals surface area contributed by atoms with Crippen molar-refractivity contribution in [2.75, 3.05) is 5.32 Å². The molecule has 0 saturated carbocycles. The molecule has 0 bridgehead atoms. The Labute approximate surface area is 153 Å². The van der Waals surface area contributed by atoms with E-state index in [4.69, 9.17) is 0 Å². The number of amides is 2. The third-order valence-corrected chi connectivity index (χ3v) is 4.50. The number of anilines is 1. The van der Waals surface area contributed by atoms with Gasteiger partial charge < -0.3 is 10.6 Å². The van der Waals surface area contributed by atoms with E-state index in [1.165, 1.54) is 18.3 Å². The quantitative estimate of drug-likeness (QED) is 0.627. The average Bonchev–Trinajstić information content (AvgIpc) is 2.97. The van der Waals surface area contributed by atoms with Crippen molar-refractivity contribution in [3.05, 3.63) is 66.0 Å². The van der Waals surface area contributed by atoms with E-state index in [0.29, 0.717) is 16.4 Å². The van der Waals surface area contributed by atoms with Crippen LogP contribution in [0.15, 0.2) is 64.8 Å². The van der Waals surface area contributed by atoms with Crippen molar-refractivity contribution in [1.29, 1.82) is 0 Å². The van der Waals surface area contributed by atoms with Crippen LogP contribution in [0, 0.1) is 5.82 Å². The number of nitrogens with zero attached hydrogens (tertiary/aromatic N) is 2. The molecule has 6 nitrogen and oxygen atoms in total. The molecule has 1 aliphatic rings. The molecule has 2 aromatic carbocycles. The second-order valence-electron chi connectivity index (χ2n) is 5.42. The monoisotopic (exact) mass is 370 g/mol. The van der Waals surface area contributed by atoms with E-state index in [2.05, 4.69) is 20.8 Å². The Balaban J connectivity index is 1.54. The van der Waals surface area contributed by atoms with Crippen LogP contribution in [0.5, 0.6) is 0 Å². The summed E-state index contributed by atoms with van der Waals surface area (Å²) in [5.74, 6) is -0.863. The molecule has 0 spiro atoms. The van der Waals surface area contributed by atoms with Crippen molar-refractivity contribution >= 4 is 40.6 Å². The first-order valence-corrected chi connectivity index (χ1v) is 8.67. The van der Waals surface area contributed by atoms with Gasteiger partial charge >= 0.3 is 0 Å². The van der Waals surface area contributed by atoms with E-state index in [9.17, 15) is 14.0 Å². The molecule has 26 heavy (non-hydrogen) atoms. The number of hydrogen-bond acceptors (Lipinski definition) is 5. The number of amidine groups is 1. The Kier molecular flexibility index (Phi) is 5.75. The molecule has 0 aromatic heterocycles. The third kappa shape index (κ3) is 5.00. The lowest BCUT2D eigenvalue weighted by atomic mass is 10.2. The minimum Gasteiger partial charge on any atom is -0.326 e. The van der Waals surface area contributed by atoms with Crippen LogP contribution in [0.2, 0.25) is 0 Å². The smallest absolute Gasteiger partial charge is 0.240 e. The van der Waals surface area contributed by atoms with E-state index < -0.39 is 5.25 Å². The summed E-state index contributed by atoms with van der Waals surface area (Å²) in [5, 5.41) is 12.9. The number of carbonyl (C=O) groups is 2. The predicted octanol–water partition coefficient (Wildman–Crippen LogP) is 2.78. The molecule has 0 aliphatic carbocycles. The zero-order chi connectivity index (χ0) is 18.4. The van der Waals surface area contributed by atoms with Crippen LogP contribution in [-0.4, -0.2) is 28.4 Å². The summed E-state index contributed by atoms with van der Waals surface area (Å²) in [6.45, 7) is 0. The summed E-state index contributed by atoms with van der Waals surface area (Å²) in [6.07, 6.45) is 1.49. The van der Waals surface area contributed by atoms with E-state index in [-0.39, 0.29) is 24.1 Å². The number of carbonyl (C=O) groups excluding carboxylic acids is 2. The summed E-state index contributed by atoms with van der Waals surface area (Å²) >= 11 is 1.15. The fourth-order valence-electron chi connectivity index (χ4n) is 2.19. The number of thioether (sulfide) groups is 1.